The number of aryl methyl sites for hydroxylation is 1. The van der Waals surface area contributed by atoms with E-state index in [1.807, 2.05) is 52.0 Å². The number of carboxylic acid groups (broad SMARTS) is 1. The third-order valence-electron chi connectivity index (χ3n) is 6.48. The third-order valence-corrected chi connectivity index (χ3v) is 6.48. The largest absolute Gasteiger partial charge is 0.481 e. The standard InChI is InChI=1S/C29H36FN3O5/c1-17(2)27-25(14-13-23(34)15-24(35)16-26(36)37)33(22-11-9-21(30)10-12-22)32-28(27)29(38)31-19(4)20-7-5-18(3)6-8-20/h5-12,17,19,23-24,34-35H,13-16H2,1-4H3,(H,31,38)(H,36,37)/t19-,23-,24-/m1/s1. The molecule has 0 aliphatic rings. The maximum Gasteiger partial charge on any atom is 0.305 e. The summed E-state index contributed by atoms with van der Waals surface area (Å²) in [7, 11) is 0. The molecule has 8 nitrogen and oxygen atoms in total. The number of aliphatic hydroxyl groups excluding tert-OH is 2. The van der Waals surface area contributed by atoms with Crippen LogP contribution in [0, 0.1) is 12.7 Å². The highest BCUT2D eigenvalue weighted by molar-refractivity contribution is 5.94. The van der Waals surface area contributed by atoms with Crippen LogP contribution in [0.5, 0.6) is 0 Å². The van der Waals surface area contributed by atoms with E-state index in [0.29, 0.717) is 23.4 Å². The fourth-order valence-corrected chi connectivity index (χ4v) is 4.50. The van der Waals surface area contributed by atoms with Crippen LogP contribution in [-0.2, 0) is 11.2 Å². The predicted octanol–water partition coefficient (Wildman–Crippen LogP) is 4.45. The summed E-state index contributed by atoms with van der Waals surface area (Å²) in [5.41, 5.74) is 4.28. The van der Waals surface area contributed by atoms with Crippen molar-refractivity contribution < 1.29 is 29.3 Å². The van der Waals surface area contributed by atoms with Crippen LogP contribution < -0.4 is 5.32 Å². The summed E-state index contributed by atoms with van der Waals surface area (Å²) < 4.78 is 15.2. The average Bonchev–Trinajstić information content (AvgIpc) is 3.23. The summed E-state index contributed by atoms with van der Waals surface area (Å²) >= 11 is 0. The van der Waals surface area contributed by atoms with E-state index in [2.05, 4.69) is 10.4 Å². The number of halogens is 1. The molecule has 0 aliphatic carbocycles. The first-order valence-electron chi connectivity index (χ1n) is 12.8. The molecule has 1 amide bonds. The number of aliphatic hydroxyl groups is 2. The van der Waals surface area contributed by atoms with Crippen LogP contribution in [0.4, 0.5) is 4.39 Å². The Kier molecular flexibility index (Phi) is 9.77. The van der Waals surface area contributed by atoms with Gasteiger partial charge in [0.2, 0.25) is 0 Å². The molecule has 1 heterocycles. The molecule has 0 saturated carbocycles. The highest BCUT2D eigenvalue weighted by Crippen LogP contribution is 2.29. The van der Waals surface area contributed by atoms with Gasteiger partial charge < -0.3 is 20.6 Å². The summed E-state index contributed by atoms with van der Waals surface area (Å²) in [6.45, 7) is 7.79. The first kappa shape index (κ1) is 29.0. The minimum Gasteiger partial charge on any atom is -0.481 e. The monoisotopic (exact) mass is 525 g/mol. The van der Waals surface area contributed by atoms with Crippen molar-refractivity contribution in [1.29, 1.82) is 0 Å². The quantitative estimate of drug-likeness (QED) is 0.277. The summed E-state index contributed by atoms with van der Waals surface area (Å²) in [5, 5.41) is 36.9. The van der Waals surface area contributed by atoms with Crippen LogP contribution in [-0.4, -0.2) is 49.2 Å². The van der Waals surface area contributed by atoms with Crippen molar-refractivity contribution in [3.63, 3.8) is 0 Å². The first-order valence-corrected chi connectivity index (χ1v) is 12.8. The van der Waals surface area contributed by atoms with Gasteiger partial charge in [-0.3, -0.25) is 9.59 Å². The Labute approximate surface area is 222 Å². The number of benzene rings is 2. The van der Waals surface area contributed by atoms with Gasteiger partial charge in [0.25, 0.3) is 5.91 Å². The van der Waals surface area contributed by atoms with Crippen molar-refractivity contribution in [1.82, 2.24) is 15.1 Å². The van der Waals surface area contributed by atoms with Crippen LogP contribution in [0.3, 0.4) is 0 Å². The fourth-order valence-electron chi connectivity index (χ4n) is 4.50. The fraction of sp³-hybridized carbons (Fsp3) is 0.414. The van der Waals surface area contributed by atoms with Gasteiger partial charge in [0.1, 0.15) is 5.82 Å². The van der Waals surface area contributed by atoms with Crippen molar-refractivity contribution in [2.24, 2.45) is 0 Å². The predicted molar refractivity (Wildman–Crippen MR) is 142 cm³/mol. The molecule has 0 bridgehead atoms. The number of carbonyl (C=O) groups is 2. The van der Waals surface area contributed by atoms with Gasteiger partial charge in [-0.05, 0) is 68.9 Å². The SMILES string of the molecule is Cc1ccc([C@@H](C)NC(=O)c2nn(-c3ccc(F)cc3)c(CC[C@@H](O)C[C@@H](O)CC(=O)O)c2C(C)C)cc1. The highest BCUT2D eigenvalue weighted by atomic mass is 19.1. The van der Waals surface area contributed by atoms with Crippen LogP contribution >= 0.6 is 0 Å². The molecular formula is C29H36FN3O5. The highest BCUT2D eigenvalue weighted by Gasteiger charge is 2.27. The van der Waals surface area contributed by atoms with Crippen molar-refractivity contribution in [3.05, 3.63) is 82.4 Å². The number of rotatable bonds is 12. The van der Waals surface area contributed by atoms with Gasteiger partial charge in [-0.1, -0.05) is 43.7 Å². The molecule has 2 aromatic carbocycles. The zero-order chi connectivity index (χ0) is 28.0. The molecule has 0 radical (unpaired) electrons. The summed E-state index contributed by atoms with van der Waals surface area (Å²) in [6.07, 6.45) is -2.15. The van der Waals surface area contributed by atoms with Gasteiger partial charge >= 0.3 is 5.97 Å². The van der Waals surface area contributed by atoms with E-state index in [0.717, 1.165) is 11.1 Å². The van der Waals surface area contributed by atoms with Crippen molar-refractivity contribution >= 4 is 11.9 Å². The van der Waals surface area contributed by atoms with E-state index in [4.69, 9.17) is 5.11 Å². The molecule has 3 atom stereocenters. The van der Waals surface area contributed by atoms with Gasteiger partial charge in [-0.25, -0.2) is 9.07 Å². The van der Waals surface area contributed by atoms with E-state index >= 15 is 0 Å². The second kappa shape index (κ2) is 12.8. The minimum atomic E-state index is -1.17. The molecule has 3 aromatic rings. The third kappa shape index (κ3) is 7.49. The second-order valence-corrected chi connectivity index (χ2v) is 10.0. The minimum absolute atomic E-state index is 0.0879. The van der Waals surface area contributed by atoms with Crippen molar-refractivity contribution in [3.8, 4) is 5.69 Å². The number of nitrogens with zero attached hydrogens (tertiary/aromatic N) is 2. The molecular weight excluding hydrogens is 489 g/mol. The van der Waals surface area contributed by atoms with Crippen molar-refractivity contribution in [2.75, 3.05) is 0 Å². The number of hydrogen-bond donors (Lipinski definition) is 4. The molecule has 9 heteroatoms. The molecule has 4 N–H and O–H groups in total. The van der Waals surface area contributed by atoms with Gasteiger partial charge in [-0.2, -0.15) is 5.10 Å². The van der Waals surface area contributed by atoms with E-state index in [1.54, 1.807) is 16.8 Å². The molecule has 0 fully saturated rings. The topological polar surface area (TPSA) is 125 Å². The summed E-state index contributed by atoms with van der Waals surface area (Å²) in [6, 6.07) is 13.4. The van der Waals surface area contributed by atoms with E-state index in [9.17, 15) is 24.2 Å². The van der Waals surface area contributed by atoms with Crippen LogP contribution in [0.15, 0.2) is 48.5 Å². The molecule has 0 saturated heterocycles. The smallest absolute Gasteiger partial charge is 0.305 e. The van der Waals surface area contributed by atoms with E-state index in [1.165, 1.54) is 12.1 Å². The van der Waals surface area contributed by atoms with Crippen LogP contribution in [0.2, 0.25) is 0 Å². The van der Waals surface area contributed by atoms with E-state index < -0.39 is 30.4 Å². The average molecular weight is 526 g/mol. The zero-order valence-electron chi connectivity index (χ0n) is 22.2. The zero-order valence-corrected chi connectivity index (χ0v) is 22.2. The number of hydrogen-bond acceptors (Lipinski definition) is 5. The Bertz CT molecular complexity index is 1240. The lowest BCUT2D eigenvalue weighted by molar-refractivity contribution is -0.139. The Morgan fingerprint density at radius 2 is 1.63 bits per heavy atom. The van der Waals surface area contributed by atoms with Gasteiger partial charge in [-0.15, -0.1) is 0 Å². The molecule has 204 valence electrons. The number of aromatic nitrogens is 2. The number of aliphatic carboxylic acids is 1. The lowest BCUT2D eigenvalue weighted by Gasteiger charge is -2.17. The first-order chi connectivity index (χ1) is 18.0. The second-order valence-electron chi connectivity index (χ2n) is 10.0. The molecule has 38 heavy (non-hydrogen) atoms. The van der Waals surface area contributed by atoms with Crippen LogP contribution in [0.1, 0.15) is 84.9 Å². The Morgan fingerprint density at radius 3 is 2.21 bits per heavy atom. The maximum absolute atomic E-state index is 13.6. The molecule has 0 spiro atoms. The molecule has 1 aromatic heterocycles. The van der Waals surface area contributed by atoms with Gasteiger partial charge in [0.05, 0.1) is 30.4 Å². The maximum atomic E-state index is 13.6. The van der Waals surface area contributed by atoms with Gasteiger partial charge in [0.15, 0.2) is 5.69 Å². The van der Waals surface area contributed by atoms with Crippen molar-refractivity contribution in [2.45, 2.75) is 77.5 Å². The summed E-state index contributed by atoms with van der Waals surface area (Å²) in [4.78, 5) is 24.3. The van der Waals surface area contributed by atoms with Gasteiger partial charge in [0, 0.05) is 11.3 Å². The normalized spacial score (nSPS) is 13.8. The Morgan fingerprint density at radius 1 is 1.00 bits per heavy atom. The van der Waals surface area contributed by atoms with Crippen LogP contribution in [0.25, 0.3) is 5.69 Å². The molecule has 0 aliphatic heterocycles. The van der Waals surface area contributed by atoms with E-state index in [-0.39, 0.29) is 36.4 Å². The lowest BCUT2D eigenvalue weighted by atomic mass is 9.95. The number of carbonyl (C=O) groups excluding carboxylic acids is 1. The molecule has 0 unspecified atom stereocenters. The Balaban J connectivity index is 1.93. The number of amides is 1. The Hall–Kier alpha value is -3.56. The number of carboxylic acids is 1. The molecule has 3 rings (SSSR count). The lowest BCUT2D eigenvalue weighted by Crippen LogP contribution is -2.28. The number of nitrogens with one attached hydrogen (secondary N) is 1. The summed E-state index contributed by atoms with van der Waals surface area (Å²) in [5.74, 6) is -1.98.